The molecular formula is C6H5NOS. The van der Waals surface area contributed by atoms with Crippen LogP contribution in [0.1, 0.15) is 5.69 Å². The highest BCUT2D eigenvalue weighted by atomic mass is 32.2. The Bertz CT molecular complexity index is 203. The molecule has 1 aromatic rings. The highest BCUT2D eigenvalue weighted by Gasteiger charge is 2.11. The highest BCUT2D eigenvalue weighted by Crippen LogP contribution is 2.29. The molecule has 0 aromatic carbocycles. The number of aromatic nitrogens is 1. The Hall–Kier alpha value is -0.540. The van der Waals surface area contributed by atoms with E-state index in [2.05, 4.69) is 4.98 Å². The summed E-state index contributed by atoms with van der Waals surface area (Å²) in [6.07, 6.45) is 1.79. The summed E-state index contributed by atoms with van der Waals surface area (Å²) in [5.74, 6) is 0. The van der Waals surface area contributed by atoms with Crippen LogP contribution in [0.15, 0.2) is 23.2 Å². The maximum absolute atomic E-state index is 5.07. The Morgan fingerprint density at radius 3 is 3.56 bits per heavy atom. The lowest BCUT2D eigenvalue weighted by atomic mass is 10.4. The van der Waals surface area contributed by atoms with Crippen molar-refractivity contribution in [2.45, 2.75) is 11.5 Å². The van der Waals surface area contributed by atoms with Crippen LogP contribution in [0.4, 0.5) is 0 Å². The molecule has 2 nitrogen and oxygen atoms in total. The summed E-state index contributed by atoms with van der Waals surface area (Å²) in [6.45, 7) is 0.654. The lowest BCUT2D eigenvalue weighted by Crippen LogP contribution is -1.82. The largest absolute Gasteiger partial charge is 0.304 e. The number of pyridine rings is 1. The zero-order chi connectivity index (χ0) is 6.10. The van der Waals surface area contributed by atoms with Gasteiger partial charge in [-0.15, -0.1) is 0 Å². The van der Waals surface area contributed by atoms with E-state index in [0.717, 1.165) is 10.6 Å². The van der Waals surface area contributed by atoms with Gasteiger partial charge in [-0.1, -0.05) is 0 Å². The van der Waals surface area contributed by atoms with Gasteiger partial charge in [-0.3, -0.25) is 4.98 Å². The first-order valence-electron chi connectivity index (χ1n) is 2.70. The van der Waals surface area contributed by atoms with Gasteiger partial charge < -0.3 is 4.18 Å². The minimum atomic E-state index is 0.654. The summed E-state index contributed by atoms with van der Waals surface area (Å²) >= 11 is 1.41. The SMILES string of the molecule is c1cnc2c(c1)SOC2. The van der Waals surface area contributed by atoms with Crippen molar-refractivity contribution in [2.75, 3.05) is 0 Å². The van der Waals surface area contributed by atoms with Crippen molar-refractivity contribution >= 4 is 12.0 Å². The fourth-order valence-electron chi connectivity index (χ4n) is 0.756. The smallest absolute Gasteiger partial charge is 0.105 e. The van der Waals surface area contributed by atoms with Gasteiger partial charge in [0.25, 0.3) is 0 Å². The molecule has 0 saturated carbocycles. The van der Waals surface area contributed by atoms with Crippen molar-refractivity contribution < 1.29 is 4.18 Å². The second kappa shape index (κ2) is 2.01. The minimum Gasteiger partial charge on any atom is -0.304 e. The molecule has 1 aliphatic heterocycles. The quantitative estimate of drug-likeness (QED) is 0.510. The molecule has 46 valence electrons. The molecule has 3 heteroatoms. The minimum absolute atomic E-state index is 0.654. The van der Waals surface area contributed by atoms with E-state index >= 15 is 0 Å². The van der Waals surface area contributed by atoms with Crippen LogP contribution in [0.2, 0.25) is 0 Å². The van der Waals surface area contributed by atoms with Crippen LogP contribution in [0, 0.1) is 0 Å². The molecule has 0 spiro atoms. The zero-order valence-electron chi connectivity index (χ0n) is 4.70. The third-order valence-corrected chi connectivity index (χ3v) is 1.98. The van der Waals surface area contributed by atoms with E-state index in [1.54, 1.807) is 6.20 Å². The maximum atomic E-state index is 5.07. The van der Waals surface area contributed by atoms with E-state index in [1.165, 1.54) is 12.0 Å². The maximum Gasteiger partial charge on any atom is 0.105 e. The fraction of sp³-hybridized carbons (Fsp3) is 0.167. The third kappa shape index (κ3) is 0.821. The molecule has 0 amide bonds. The number of fused-ring (bicyclic) bond motifs is 1. The summed E-state index contributed by atoms with van der Waals surface area (Å²) in [7, 11) is 0. The summed E-state index contributed by atoms with van der Waals surface area (Å²) < 4.78 is 5.07. The van der Waals surface area contributed by atoms with E-state index in [9.17, 15) is 0 Å². The Morgan fingerprint density at radius 1 is 1.67 bits per heavy atom. The van der Waals surface area contributed by atoms with Crippen LogP contribution in [0.5, 0.6) is 0 Å². The van der Waals surface area contributed by atoms with Crippen LogP contribution in [0.25, 0.3) is 0 Å². The normalized spacial score (nSPS) is 15.6. The monoisotopic (exact) mass is 139 g/mol. The number of nitrogens with zero attached hydrogens (tertiary/aromatic N) is 1. The van der Waals surface area contributed by atoms with Gasteiger partial charge in [-0.05, 0) is 12.1 Å². The topological polar surface area (TPSA) is 22.1 Å². The molecule has 0 unspecified atom stereocenters. The predicted molar refractivity (Wildman–Crippen MR) is 34.9 cm³/mol. The summed E-state index contributed by atoms with van der Waals surface area (Å²) in [4.78, 5) is 5.26. The first-order chi connectivity index (χ1) is 4.47. The molecule has 0 saturated heterocycles. The van der Waals surface area contributed by atoms with Crippen molar-refractivity contribution in [3.05, 3.63) is 24.0 Å². The zero-order valence-corrected chi connectivity index (χ0v) is 5.52. The molecule has 2 heterocycles. The summed E-state index contributed by atoms with van der Waals surface area (Å²) in [5, 5.41) is 0. The van der Waals surface area contributed by atoms with Crippen molar-refractivity contribution in [3.8, 4) is 0 Å². The molecule has 2 rings (SSSR count). The van der Waals surface area contributed by atoms with Crippen LogP contribution < -0.4 is 0 Å². The molecule has 0 aliphatic carbocycles. The van der Waals surface area contributed by atoms with Gasteiger partial charge in [0.15, 0.2) is 0 Å². The standard InChI is InChI=1S/C6H5NOS/c1-2-6-5(7-3-1)4-8-9-6/h1-3H,4H2. The van der Waals surface area contributed by atoms with Crippen LogP contribution in [0.3, 0.4) is 0 Å². The van der Waals surface area contributed by atoms with E-state index in [4.69, 9.17) is 4.18 Å². The average molecular weight is 139 g/mol. The first-order valence-corrected chi connectivity index (χ1v) is 3.44. The molecule has 1 aliphatic rings. The molecule has 0 radical (unpaired) electrons. The summed E-state index contributed by atoms with van der Waals surface area (Å²) in [6, 6.07) is 3.93. The van der Waals surface area contributed by atoms with Gasteiger partial charge >= 0.3 is 0 Å². The van der Waals surface area contributed by atoms with Gasteiger partial charge in [-0.2, -0.15) is 0 Å². The van der Waals surface area contributed by atoms with Gasteiger partial charge in [0.1, 0.15) is 6.61 Å². The van der Waals surface area contributed by atoms with Gasteiger partial charge in [0.05, 0.1) is 10.6 Å². The highest BCUT2D eigenvalue weighted by molar-refractivity contribution is 7.95. The number of rotatable bonds is 0. The average Bonchev–Trinajstić information content (AvgIpc) is 2.33. The van der Waals surface area contributed by atoms with Gasteiger partial charge in [0, 0.05) is 18.2 Å². The van der Waals surface area contributed by atoms with Gasteiger partial charge in [-0.25, -0.2) is 0 Å². The Morgan fingerprint density at radius 2 is 2.67 bits per heavy atom. The predicted octanol–water partition coefficient (Wildman–Crippen LogP) is 1.62. The van der Waals surface area contributed by atoms with Crippen LogP contribution >= 0.6 is 12.0 Å². The van der Waals surface area contributed by atoms with Crippen molar-refractivity contribution in [1.82, 2.24) is 4.98 Å². The second-order valence-electron chi connectivity index (χ2n) is 1.79. The third-order valence-electron chi connectivity index (χ3n) is 1.19. The fourth-order valence-corrected chi connectivity index (χ4v) is 1.40. The molecule has 0 bridgehead atoms. The molecule has 9 heavy (non-hydrogen) atoms. The molecule has 0 atom stereocenters. The lowest BCUT2D eigenvalue weighted by Gasteiger charge is -1.87. The van der Waals surface area contributed by atoms with E-state index in [0.29, 0.717) is 6.61 Å². The molecule has 0 N–H and O–H groups in total. The Labute approximate surface area is 57.5 Å². The van der Waals surface area contributed by atoms with E-state index in [-0.39, 0.29) is 0 Å². The lowest BCUT2D eigenvalue weighted by molar-refractivity contribution is 0.373. The molecular weight excluding hydrogens is 134 g/mol. The van der Waals surface area contributed by atoms with E-state index in [1.807, 2.05) is 12.1 Å². The van der Waals surface area contributed by atoms with Crippen LogP contribution in [-0.2, 0) is 10.8 Å². The van der Waals surface area contributed by atoms with Crippen molar-refractivity contribution in [1.29, 1.82) is 0 Å². The first kappa shape index (κ1) is 5.26. The Kier molecular flexibility index (Phi) is 1.17. The van der Waals surface area contributed by atoms with E-state index < -0.39 is 0 Å². The van der Waals surface area contributed by atoms with Gasteiger partial charge in [0.2, 0.25) is 0 Å². The summed E-state index contributed by atoms with van der Waals surface area (Å²) in [5.41, 5.74) is 1.06. The molecule has 0 fully saturated rings. The van der Waals surface area contributed by atoms with Crippen molar-refractivity contribution in [2.24, 2.45) is 0 Å². The Balaban J connectivity index is 2.54. The van der Waals surface area contributed by atoms with Crippen molar-refractivity contribution in [3.63, 3.8) is 0 Å². The second-order valence-corrected chi connectivity index (χ2v) is 2.64. The number of hydrogen-bond acceptors (Lipinski definition) is 3. The van der Waals surface area contributed by atoms with Crippen LogP contribution in [-0.4, -0.2) is 4.98 Å². The molecule has 1 aromatic heterocycles. The number of hydrogen-bond donors (Lipinski definition) is 0.